The molecule has 3 heteroatoms. The Bertz CT molecular complexity index is 617. The van der Waals surface area contributed by atoms with Crippen molar-refractivity contribution in [2.45, 2.75) is 46.6 Å². The molecule has 1 unspecified atom stereocenters. The highest BCUT2D eigenvalue weighted by Crippen LogP contribution is 2.28. The minimum Gasteiger partial charge on any atom is -0.370 e. The monoisotopic (exact) mass is 283 g/mol. The van der Waals surface area contributed by atoms with Gasteiger partial charge < -0.3 is 5.32 Å². The molecule has 0 spiro atoms. The standard InChI is InChI=1S/C18H25N3/c1-13-5-7-14(8-6-13)15-11-19-17-9-16(10-18(2,3)4)20-21(17)12-15/h5-9,15,19H,10-12H2,1-4H3. The Morgan fingerprint density at radius 3 is 2.62 bits per heavy atom. The van der Waals surface area contributed by atoms with Crippen LogP contribution in [0, 0.1) is 12.3 Å². The summed E-state index contributed by atoms with van der Waals surface area (Å²) >= 11 is 0. The normalized spacial score (nSPS) is 18.2. The Morgan fingerprint density at radius 2 is 1.95 bits per heavy atom. The predicted molar refractivity (Wildman–Crippen MR) is 87.8 cm³/mol. The van der Waals surface area contributed by atoms with Gasteiger partial charge in [0, 0.05) is 18.5 Å². The van der Waals surface area contributed by atoms with Crippen molar-refractivity contribution in [3.8, 4) is 0 Å². The van der Waals surface area contributed by atoms with E-state index >= 15 is 0 Å². The van der Waals surface area contributed by atoms with Crippen molar-refractivity contribution in [3.63, 3.8) is 0 Å². The molecular formula is C18H25N3. The van der Waals surface area contributed by atoms with Gasteiger partial charge in [0.1, 0.15) is 5.82 Å². The molecule has 1 aromatic carbocycles. The molecule has 112 valence electrons. The first-order valence-electron chi connectivity index (χ1n) is 7.78. The molecule has 0 saturated carbocycles. The average molecular weight is 283 g/mol. The number of aromatic nitrogens is 2. The van der Waals surface area contributed by atoms with E-state index in [0.29, 0.717) is 5.92 Å². The Morgan fingerprint density at radius 1 is 1.24 bits per heavy atom. The van der Waals surface area contributed by atoms with Crippen LogP contribution < -0.4 is 5.32 Å². The number of rotatable bonds is 2. The van der Waals surface area contributed by atoms with Gasteiger partial charge in [0.05, 0.1) is 12.2 Å². The summed E-state index contributed by atoms with van der Waals surface area (Å²) in [6.45, 7) is 10.9. The van der Waals surface area contributed by atoms with E-state index < -0.39 is 0 Å². The lowest BCUT2D eigenvalue weighted by atomic mass is 9.91. The first-order chi connectivity index (χ1) is 9.90. The van der Waals surface area contributed by atoms with Crippen LogP contribution >= 0.6 is 0 Å². The van der Waals surface area contributed by atoms with Gasteiger partial charge in [-0.3, -0.25) is 0 Å². The molecule has 3 nitrogen and oxygen atoms in total. The first kappa shape index (κ1) is 14.2. The number of fused-ring (bicyclic) bond motifs is 1. The Balaban J connectivity index is 1.77. The summed E-state index contributed by atoms with van der Waals surface area (Å²) in [5, 5.41) is 8.32. The predicted octanol–water partition coefficient (Wildman–Crippen LogP) is 3.99. The van der Waals surface area contributed by atoms with Crippen LogP contribution in [0.5, 0.6) is 0 Å². The fourth-order valence-corrected chi connectivity index (χ4v) is 2.94. The van der Waals surface area contributed by atoms with Crippen LogP contribution in [0.15, 0.2) is 30.3 Å². The average Bonchev–Trinajstić information content (AvgIpc) is 2.78. The zero-order valence-corrected chi connectivity index (χ0v) is 13.5. The van der Waals surface area contributed by atoms with Crippen LogP contribution in [0.4, 0.5) is 5.82 Å². The molecular weight excluding hydrogens is 258 g/mol. The highest BCUT2D eigenvalue weighted by atomic mass is 15.3. The Labute approximate surface area is 127 Å². The third-order valence-electron chi connectivity index (χ3n) is 4.01. The van der Waals surface area contributed by atoms with Crippen LogP contribution in [0.1, 0.15) is 43.5 Å². The second-order valence-electron chi connectivity index (χ2n) is 7.43. The SMILES string of the molecule is Cc1ccc(C2CNc3cc(CC(C)(C)C)nn3C2)cc1. The van der Waals surface area contributed by atoms with Crippen LogP contribution in [0.3, 0.4) is 0 Å². The largest absolute Gasteiger partial charge is 0.370 e. The van der Waals surface area contributed by atoms with Gasteiger partial charge in [-0.15, -0.1) is 0 Å². The smallest absolute Gasteiger partial charge is 0.124 e. The van der Waals surface area contributed by atoms with Gasteiger partial charge in [0.25, 0.3) is 0 Å². The van der Waals surface area contributed by atoms with E-state index in [0.717, 1.165) is 25.3 Å². The number of hydrogen-bond acceptors (Lipinski definition) is 2. The molecule has 0 aliphatic carbocycles. The van der Waals surface area contributed by atoms with Gasteiger partial charge in [-0.25, -0.2) is 4.68 Å². The van der Waals surface area contributed by atoms with Crippen molar-refractivity contribution in [2.24, 2.45) is 5.41 Å². The van der Waals surface area contributed by atoms with Crippen molar-refractivity contribution >= 4 is 5.82 Å². The maximum absolute atomic E-state index is 4.78. The molecule has 1 aliphatic rings. The van der Waals surface area contributed by atoms with Crippen LogP contribution in [0.2, 0.25) is 0 Å². The van der Waals surface area contributed by atoms with E-state index in [-0.39, 0.29) is 5.41 Å². The van der Waals surface area contributed by atoms with Crippen molar-refractivity contribution in [3.05, 3.63) is 47.2 Å². The third-order valence-corrected chi connectivity index (χ3v) is 4.01. The van der Waals surface area contributed by atoms with Crippen LogP contribution in [-0.2, 0) is 13.0 Å². The van der Waals surface area contributed by atoms with Crippen molar-refractivity contribution in [1.29, 1.82) is 0 Å². The number of nitrogens with one attached hydrogen (secondary N) is 1. The van der Waals surface area contributed by atoms with E-state index in [1.54, 1.807) is 0 Å². The Kier molecular flexibility index (Phi) is 3.52. The summed E-state index contributed by atoms with van der Waals surface area (Å²) in [6, 6.07) is 11.1. The van der Waals surface area contributed by atoms with Gasteiger partial charge in [-0.2, -0.15) is 5.10 Å². The summed E-state index contributed by atoms with van der Waals surface area (Å²) in [6.07, 6.45) is 1.02. The summed E-state index contributed by atoms with van der Waals surface area (Å²) in [7, 11) is 0. The number of hydrogen-bond donors (Lipinski definition) is 1. The highest BCUT2D eigenvalue weighted by molar-refractivity contribution is 5.41. The summed E-state index contributed by atoms with van der Waals surface area (Å²) < 4.78 is 2.13. The second-order valence-corrected chi connectivity index (χ2v) is 7.43. The minimum atomic E-state index is 0.279. The zero-order valence-electron chi connectivity index (χ0n) is 13.5. The quantitative estimate of drug-likeness (QED) is 0.903. The molecule has 0 amide bonds. The summed E-state index contributed by atoms with van der Waals surface area (Å²) in [5.41, 5.74) is 4.18. The van der Waals surface area contributed by atoms with Crippen molar-refractivity contribution in [1.82, 2.24) is 9.78 Å². The highest BCUT2D eigenvalue weighted by Gasteiger charge is 2.22. The van der Waals surface area contributed by atoms with E-state index in [1.807, 2.05) is 0 Å². The number of aryl methyl sites for hydroxylation is 1. The first-order valence-corrected chi connectivity index (χ1v) is 7.78. The Hall–Kier alpha value is -1.77. The second kappa shape index (κ2) is 5.21. The summed E-state index contributed by atoms with van der Waals surface area (Å²) in [5.74, 6) is 1.66. The molecule has 2 heterocycles. The van der Waals surface area contributed by atoms with E-state index in [1.165, 1.54) is 16.8 Å². The molecule has 1 aromatic heterocycles. The fourth-order valence-electron chi connectivity index (χ4n) is 2.94. The maximum Gasteiger partial charge on any atom is 0.124 e. The van der Waals surface area contributed by atoms with Gasteiger partial charge in [-0.1, -0.05) is 50.6 Å². The molecule has 1 N–H and O–H groups in total. The lowest BCUT2D eigenvalue weighted by Gasteiger charge is -2.25. The molecule has 0 bridgehead atoms. The third kappa shape index (κ3) is 3.29. The lowest BCUT2D eigenvalue weighted by molar-refractivity contribution is 0.401. The van der Waals surface area contributed by atoms with Crippen LogP contribution in [0.25, 0.3) is 0 Å². The zero-order chi connectivity index (χ0) is 15.0. The van der Waals surface area contributed by atoms with E-state index in [4.69, 9.17) is 5.10 Å². The summed E-state index contributed by atoms with van der Waals surface area (Å²) in [4.78, 5) is 0. The molecule has 1 aliphatic heterocycles. The topological polar surface area (TPSA) is 29.9 Å². The van der Waals surface area contributed by atoms with Crippen LogP contribution in [-0.4, -0.2) is 16.3 Å². The van der Waals surface area contributed by atoms with Gasteiger partial charge in [0.15, 0.2) is 0 Å². The van der Waals surface area contributed by atoms with Gasteiger partial charge in [-0.05, 0) is 24.3 Å². The minimum absolute atomic E-state index is 0.279. The molecule has 1 atom stereocenters. The molecule has 3 rings (SSSR count). The molecule has 0 saturated heterocycles. The van der Waals surface area contributed by atoms with E-state index in [9.17, 15) is 0 Å². The van der Waals surface area contributed by atoms with Crippen molar-refractivity contribution < 1.29 is 0 Å². The number of anilines is 1. The van der Waals surface area contributed by atoms with E-state index in [2.05, 4.69) is 68.0 Å². The molecule has 0 fully saturated rings. The number of nitrogens with zero attached hydrogens (tertiary/aromatic N) is 2. The lowest BCUT2D eigenvalue weighted by Crippen LogP contribution is -2.26. The van der Waals surface area contributed by atoms with Gasteiger partial charge >= 0.3 is 0 Å². The number of benzene rings is 1. The molecule has 21 heavy (non-hydrogen) atoms. The molecule has 2 aromatic rings. The van der Waals surface area contributed by atoms with Crippen molar-refractivity contribution in [2.75, 3.05) is 11.9 Å². The fraction of sp³-hybridized carbons (Fsp3) is 0.500. The molecule has 0 radical (unpaired) electrons. The maximum atomic E-state index is 4.78. The van der Waals surface area contributed by atoms with Gasteiger partial charge in [0.2, 0.25) is 0 Å².